The summed E-state index contributed by atoms with van der Waals surface area (Å²) in [4.78, 5) is 23.7. The molecular formula is C14H10Br2N2O2. The van der Waals surface area contributed by atoms with Crippen LogP contribution in [0.4, 0.5) is 0 Å². The van der Waals surface area contributed by atoms with Gasteiger partial charge in [-0.2, -0.15) is 0 Å². The van der Waals surface area contributed by atoms with Crippen LogP contribution in [0, 0.1) is 0 Å². The number of carbonyl (C=O) groups excluding carboxylic acids is 2. The predicted molar refractivity (Wildman–Crippen MR) is 83.2 cm³/mol. The quantitative estimate of drug-likeness (QED) is 0.764. The summed E-state index contributed by atoms with van der Waals surface area (Å²) in [5.74, 6) is -0.760. The second-order valence-electron chi connectivity index (χ2n) is 3.93. The molecule has 2 aromatic carbocycles. The number of nitrogens with one attached hydrogen (secondary N) is 2. The van der Waals surface area contributed by atoms with E-state index in [0.29, 0.717) is 11.1 Å². The van der Waals surface area contributed by atoms with Crippen molar-refractivity contribution in [2.45, 2.75) is 0 Å². The molecule has 6 heteroatoms. The molecular weight excluding hydrogens is 388 g/mol. The van der Waals surface area contributed by atoms with Crippen LogP contribution < -0.4 is 10.9 Å². The highest BCUT2D eigenvalue weighted by atomic mass is 79.9. The highest BCUT2D eigenvalue weighted by molar-refractivity contribution is 9.11. The summed E-state index contributed by atoms with van der Waals surface area (Å²) >= 11 is 6.60. The molecule has 0 atom stereocenters. The molecule has 102 valence electrons. The van der Waals surface area contributed by atoms with E-state index >= 15 is 0 Å². The number of hydrogen-bond acceptors (Lipinski definition) is 2. The second kappa shape index (κ2) is 6.67. The van der Waals surface area contributed by atoms with E-state index in [1.165, 1.54) is 0 Å². The maximum absolute atomic E-state index is 11.9. The van der Waals surface area contributed by atoms with Crippen molar-refractivity contribution in [3.63, 3.8) is 0 Å². The van der Waals surface area contributed by atoms with Gasteiger partial charge in [-0.1, -0.05) is 50.1 Å². The van der Waals surface area contributed by atoms with Crippen LogP contribution >= 0.6 is 31.9 Å². The first-order valence-electron chi connectivity index (χ1n) is 5.68. The molecule has 0 unspecified atom stereocenters. The van der Waals surface area contributed by atoms with Crippen molar-refractivity contribution in [1.29, 1.82) is 0 Å². The summed E-state index contributed by atoms with van der Waals surface area (Å²) in [6.45, 7) is 0. The minimum absolute atomic E-state index is 0.368. The minimum Gasteiger partial charge on any atom is -0.267 e. The lowest BCUT2D eigenvalue weighted by Gasteiger charge is -2.08. The molecule has 2 N–H and O–H groups in total. The fraction of sp³-hybridized carbons (Fsp3) is 0. The van der Waals surface area contributed by atoms with E-state index in [2.05, 4.69) is 42.7 Å². The van der Waals surface area contributed by atoms with Crippen LogP contribution in [0.2, 0.25) is 0 Å². The Bertz CT molecular complexity index is 625. The molecule has 4 nitrogen and oxygen atoms in total. The molecule has 0 aromatic heterocycles. The molecule has 0 saturated carbocycles. The summed E-state index contributed by atoms with van der Waals surface area (Å²) in [6.07, 6.45) is 0. The lowest BCUT2D eigenvalue weighted by Crippen LogP contribution is -2.41. The molecule has 0 bridgehead atoms. The van der Waals surface area contributed by atoms with Gasteiger partial charge in [0.25, 0.3) is 11.8 Å². The van der Waals surface area contributed by atoms with Gasteiger partial charge in [0, 0.05) is 20.1 Å². The van der Waals surface area contributed by atoms with Gasteiger partial charge < -0.3 is 0 Å². The number of amides is 2. The molecule has 0 aliphatic heterocycles. The molecule has 2 rings (SSSR count). The van der Waals surface area contributed by atoms with Gasteiger partial charge in [0.15, 0.2) is 0 Å². The normalized spacial score (nSPS) is 9.90. The van der Waals surface area contributed by atoms with E-state index in [1.54, 1.807) is 36.4 Å². The monoisotopic (exact) mass is 396 g/mol. The summed E-state index contributed by atoms with van der Waals surface area (Å²) < 4.78 is 1.54. The smallest absolute Gasteiger partial charge is 0.267 e. The standard InChI is InChI=1S/C14H10Br2N2O2/c15-11-6-10(7-12(16)8-11)14(20)18-17-13(19)9-4-2-1-3-5-9/h1-8H,(H,17,19)(H,18,20). The maximum atomic E-state index is 11.9. The van der Waals surface area contributed by atoms with Crippen LogP contribution in [0.15, 0.2) is 57.5 Å². The third kappa shape index (κ3) is 3.91. The molecule has 0 heterocycles. The number of rotatable bonds is 2. The molecule has 0 fully saturated rings. The first-order valence-corrected chi connectivity index (χ1v) is 7.26. The maximum Gasteiger partial charge on any atom is 0.269 e. The summed E-state index contributed by atoms with van der Waals surface area (Å²) in [7, 11) is 0. The Labute approximate surface area is 132 Å². The van der Waals surface area contributed by atoms with Crippen LogP contribution in [0.5, 0.6) is 0 Å². The van der Waals surface area contributed by atoms with E-state index in [0.717, 1.165) is 8.95 Å². The van der Waals surface area contributed by atoms with Crippen molar-refractivity contribution in [3.8, 4) is 0 Å². The number of hydrogen-bond donors (Lipinski definition) is 2. The minimum atomic E-state index is -0.392. The average molecular weight is 398 g/mol. The predicted octanol–water partition coefficient (Wildman–Crippen LogP) is 3.29. The van der Waals surface area contributed by atoms with Crippen molar-refractivity contribution in [1.82, 2.24) is 10.9 Å². The largest absolute Gasteiger partial charge is 0.269 e. The number of hydrazine groups is 1. The summed E-state index contributed by atoms with van der Waals surface area (Å²) in [5, 5.41) is 0. The molecule has 2 amide bonds. The van der Waals surface area contributed by atoms with Gasteiger partial charge in [-0.05, 0) is 30.3 Å². The Hall–Kier alpha value is -1.66. The highest BCUT2D eigenvalue weighted by Gasteiger charge is 2.09. The van der Waals surface area contributed by atoms with Crippen LogP contribution in [0.1, 0.15) is 20.7 Å². The van der Waals surface area contributed by atoms with Gasteiger partial charge in [0.2, 0.25) is 0 Å². The average Bonchev–Trinajstić information content (AvgIpc) is 2.44. The Kier molecular flexibility index (Phi) is 4.92. The zero-order valence-electron chi connectivity index (χ0n) is 10.2. The van der Waals surface area contributed by atoms with E-state index in [1.807, 2.05) is 12.1 Å². The number of carbonyl (C=O) groups is 2. The number of halogens is 2. The lowest BCUT2D eigenvalue weighted by molar-refractivity contribution is 0.0846. The van der Waals surface area contributed by atoms with Crippen LogP contribution in [-0.4, -0.2) is 11.8 Å². The van der Waals surface area contributed by atoms with Gasteiger partial charge in [0.1, 0.15) is 0 Å². The third-order valence-electron chi connectivity index (χ3n) is 2.45. The summed E-state index contributed by atoms with van der Waals surface area (Å²) in [5.41, 5.74) is 5.64. The molecule has 0 radical (unpaired) electrons. The SMILES string of the molecule is O=C(NNC(=O)c1cc(Br)cc(Br)c1)c1ccccc1. The first-order chi connectivity index (χ1) is 9.56. The topological polar surface area (TPSA) is 58.2 Å². The fourth-order valence-corrected chi connectivity index (χ4v) is 2.83. The molecule has 0 saturated heterocycles. The van der Waals surface area contributed by atoms with Gasteiger partial charge >= 0.3 is 0 Å². The van der Waals surface area contributed by atoms with Crippen molar-refractivity contribution >= 4 is 43.7 Å². The zero-order valence-corrected chi connectivity index (χ0v) is 13.4. The lowest BCUT2D eigenvalue weighted by atomic mass is 10.2. The van der Waals surface area contributed by atoms with Gasteiger partial charge in [0.05, 0.1) is 0 Å². The molecule has 20 heavy (non-hydrogen) atoms. The van der Waals surface area contributed by atoms with Crippen molar-refractivity contribution in [2.24, 2.45) is 0 Å². The van der Waals surface area contributed by atoms with Crippen LogP contribution in [0.25, 0.3) is 0 Å². The third-order valence-corrected chi connectivity index (χ3v) is 3.37. The van der Waals surface area contributed by atoms with Gasteiger partial charge in [-0.15, -0.1) is 0 Å². The van der Waals surface area contributed by atoms with E-state index in [-0.39, 0.29) is 5.91 Å². The van der Waals surface area contributed by atoms with E-state index in [4.69, 9.17) is 0 Å². The van der Waals surface area contributed by atoms with E-state index in [9.17, 15) is 9.59 Å². The summed E-state index contributed by atoms with van der Waals surface area (Å²) in [6, 6.07) is 13.8. The van der Waals surface area contributed by atoms with Crippen molar-refractivity contribution in [2.75, 3.05) is 0 Å². The Morgan fingerprint density at radius 2 is 1.25 bits per heavy atom. The number of benzene rings is 2. The Morgan fingerprint density at radius 3 is 1.80 bits per heavy atom. The molecule has 0 aliphatic carbocycles. The fourth-order valence-electron chi connectivity index (χ4n) is 1.53. The van der Waals surface area contributed by atoms with E-state index < -0.39 is 5.91 Å². The van der Waals surface area contributed by atoms with Crippen LogP contribution in [0.3, 0.4) is 0 Å². The zero-order chi connectivity index (χ0) is 14.5. The van der Waals surface area contributed by atoms with Gasteiger partial charge in [-0.3, -0.25) is 20.4 Å². The molecule has 2 aromatic rings. The Morgan fingerprint density at radius 1 is 0.750 bits per heavy atom. The highest BCUT2D eigenvalue weighted by Crippen LogP contribution is 2.19. The molecule has 0 aliphatic rings. The van der Waals surface area contributed by atoms with Gasteiger partial charge in [-0.25, -0.2) is 0 Å². The van der Waals surface area contributed by atoms with Crippen molar-refractivity contribution in [3.05, 3.63) is 68.6 Å². The molecule has 0 spiro atoms. The first kappa shape index (κ1) is 14.7. The van der Waals surface area contributed by atoms with Crippen molar-refractivity contribution < 1.29 is 9.59 Å². The second-order valence-corrected chi connectivity index (χ2v) is 5.76. The Balaban J connectivity index is 2.00. The van der Waals surface area contributed by atoms with Crippen LogP contribution in [-0.2, 0) is 0 Å².